The lowest BCUT2D eigenvalue weighted by atomic mass is 10.1. The van der Waals surface area contributed by atoms with Crippen LogP contribution >= 0.6 is 0 Å². The molecule has 0 heterocycles. The summed E-state index contributed by atoms with van der Waals surface area (Å²) in [6.07, 6.45) is 1.99. The zero-order valence-electron chi connectivity index (χ0n) is 18.6. The summed E-state index contributed by atoms with van der Waals surface area (Å²) in [6, 6.07) is 14.2. The summed E-state index contributed by atoms with van der Waals surface area (Å²) in [4.78, 5) is 26.7. The molecule has 2 aromatic carbocycles. The van der Waals surface area contributed by atoms with E-state index in [9.17, 15) is 22.4 Å². The molecule has 0 saturated heterocycles. The Morgan fingerprint density at radius 1 is 1.03 bits per heavy atom. The quantitative estimate of drug-likeness (QED) is 0.555. The molecule has 1 atom stereocenters. The van der Waals surface area contributed by atoms with Gasteiger partial charge in [0.15, 0.2) is 0 Å². The molecule has 0 unspecified atom stereocenters. The zero-order valence-corrected chi connectivity index (χ0v) is 19.4. The number of benzene rings is 2. The van der Waals surface area contributed by atoms with Crippen LogP contribution in [0, 0.1) is 5.82 Å². The average Bonchev–Trinajstić information content (AvgIpc) is 2.77. The standard InChI is InChI=1S/C23H30FN3O4S/c1-18(23(29)25-2)26(17-15-19-8-5-4-6-9-19)22(28)10-7-16-27(32(3,30)31)21-13-11-20(24)12-14-21/h4-6,8-9,11-14,18H,7,10,15-17H2,1-3H3,(H,25,29)/t18-/m1/s1. The number of halogens is 1. The molecule has 174 valence electrons. The van der Waals surface area contributed by atoms with E-state index in [1.54, 1.807) is 6.92 Å². The van der Waals surface area contributed by atoms with Gasteiger partial charge in [0.1, 0.15) is 11.9 Å². The zero-order chi connectivity index (χ0) is 23.7. The largest absolute Gasteiger partial charge is 0.357 e. The van der Waals surface area contributed by atoms with Crippen molar-refractivity contribution in [3.63, 3.8) is 0 Å². The molecule has 7 nitrogen and oxygen atoms in total. The number of hydrogen-bond donors (Lipinski definition) is 1. The van der Waals surface area contributed by atoms with Gasteiger partial charge in [0, 0.05) is 26.6 Å². The van der Waals surface area contributed by atoms with Crippen molar-refractivity contribution in [2.24, 2.45) is 0 Å². The molecule has 9 heteroatoms. The Balaban J connectivity index is 2.06. The third-order valence-electron chi connectivity index (χ3n) is 5.16. The van der Waals surface area contributed by atoms with Gasteiger partial charge in [0.2, 0.25) is 21.8 Å². The highest BCUT2D eigenvalue weighted by Gasteiger charge is 2.25. The lowest BCUT2D eigenvalue weighted by Crippen LogP contribution is -2.48. The summed E-state index contributed by atoms with van der Waals surface area (Å²) in [5.74, 6) is -0.963. The highest BCUT2D eigenvalue weighted by Crippen LogP contribution is 2.19. The minimum atomic E-state index is -3.61. The lowest BCUT2D eigenvalue weighted by Gasteiger charge is -2.29. The van der Waals surface area contributed by atoms with E-state index in [-0.39, 0.29) is 31.2 Å². The van der Waals surface area contributed by atoms with Crippen LogP contribution in [0.2, 0.25) is 0 Å². The number of carbonyl (C=O) groups is 2. The van der Waals surface area contributed by atoms with E-state index in [1.807, 2.05) is 30.3 Å². The summed E-state index contributed by atoms with van der Waals surface area (Å²) >= 11 is 0. The molecule has 2 amide bonds. The van der Waals surface area contributed by atoms with Crippen LogP contribution in [0.15, 0.2) is 54.6 Å². The van der Waals surface area contributed by atoms with Gasteiger partial charge in [-0.05, 0) is 49.6 Å². The normalized spacial score (nSPS) is 12.1. The van der Waals surface area contributed by atoms with E-state index in [2.05, 4.69) is 5.32 Å². The molecule has 2 aromatic rings. The first-order valence-electron chi connectivity index (χ1n) is 10.4. The van der Waals surface area contributed by atoms with Crippen molar-refractivity contribution in [1.29, 1.82) is 0 Å². The second-order valence-corrected chi connectivity index (χ2v) is 9.43. The number of nitrogens with zero attached hydrogens (tertiary/aromatic N) is 2. The van der Waals surface area contributed by atoms with Crippen LogP contribution in [0.25, 0.3) is 0 Å². The van der Waals surface area contributed by atoms with Gasteiger partial charge >= 0.3 is 0 Å². The maximum Gasteiger partial charge on any atom is 0.242 e. The minimum absolute atomic E-state index is 0.0666. The van der Waals surface area contributed by atoms with Crippen LogP contribution in [0.3, 0.4) is 0 Å². The molecular weight excluding hydrogens is 433 g/mol. The minimum Gasteiger partial charge on any atom is -0.357 e. The fraction of sp³-hybridized carbons (Fsp3) is 0.391. The Morgan fingerprint density at radius 3 is 2.22 bits per heavy atom. The Hall–Kier alpha value is -2.94. The van der Waals surface area contributed by atoms with Crippen molar-refractivity contribution in [2.75, 3.05) is 30.7 Å². The summed E-state index contributed by atoms with van der Waals surface area (Å²) < 4.78 is 38.8. The van der Waals surface area contributed by atoms with Crippen molar-refractivity contribution in [1.82, 2.24) is 10.2 Å². The number of likely N-dealkylation sites (N-methyl/N-ethyl adjacent to an activating group) is 1. The van der Waals surface area contributed by atoms with Gasteiger partial charge in [-0.1, -0.05) is 30.3 Å². The molecule has 2 rings (SSSR count). The van der Waals surface area contributed by atoms with Gasteiger partial charge < -0.3 is 10.2 Å². The van der Waals surface area contributed by atoms with Crippen LogP contribution in [0.1, 0.15) is 25.3 Å². The van der Waals surface area contributed by atoms with Crippen molar-refractivity contribution in [3.8, 4) is 0 Å². The molecule has 0 aliphatic rings. The van der Waals surface area contributed by atoms with E-state index < -0.39 is 21.9 Å². The monoisotopic (exact) mass is 463 g/mol. The van der Waals surface area contributed by atoms with Gasteiger partial charge in [0.25, 0.3) is 0 Å². The first-order valence-corrected chi connectivity index (χ1v) is 12.3. The first kappa shape index (κ1) is 25.3. The van der Waals surface area contributed by atoms with E-state index in [1.165, 1.54) is 36.2 Å². The maximum atomic E-state index is 13.2. The van der Waals surface area contributed by atoms with Gasteiger partial charge in [0.05, 0.1) is 11.9 Å². The first-order chi connectivity index (χ1) is 15.1. The third-order valence-corrected chi connectivity index (χ3v) is 6.36. The third kappa shape index (κ3) is 7.33. The summed E-state index contributed by atoms with van der Waals surface area (Å²) in [7, 11) is -2.09. The molecule has 0 bridgehead atoms. The van der Waals surface area contributed by atoms with Gasteiger partial charge in [-0.15, -0.1) is 0 Å². The number of hydrogen-bond acceptors (Lipinski definition) is 4. The number of nitrogens with one attached hydrogen (secondary N) is 1. The Morgan fingerprint density at radius 2 is 1.66 bits per heavy atom. The second-order valence-electron chi connectivity index (χ2n) is 7.53. The Labute approximate surface area is 189 Å². The van der Waals surface area contributed by atoms with Crippen LogP contribution in [-0.4, -0.2) is 57.6 Å². The van der Waals surface area contributed by atoms with Crippen LogP contribution < -0.4 is 9.62 Å². The average molecular weight is 464 g/mol. The predicted molar refractivity (Wildman–Crippen MR) is 123 cm³/mol. The summed E-state index contributed by atoms with van der Waals surface area (Å²) in [5, 5.41) is 2.57. The molecule has 0 aliphatic heterocycles. The van der Waals surface area contributed by atoms with E-state index >= 15 is 0 Å². The second kappa shape index (κ2) is 11.6. The number of sulfonamides is 1. The molecule has 1 N–H and O–H groups in total. The fourth-order valence-electron chi connectivity index (χ4n) is 3.39. The van der Waals surface area contributed by atoms with Crippen LogP contribution in [-0.2, 0) is 26.0 Å². The Bertz CT molecular complexity index is 998. The topological polar surface area (TPSA) is 86.8 Å². The van der Waals surface area contributed by atoms with Crippen molar-refractivity contribution in [3.05, 3.63) is 66.0 Å². The van der Waals surface area contributed by atoms with Gasteiger partial charge in [-0.3, -0.25) is 13.9 Å². The highest BCUT2D eigenvalue weighted by molar-refractivity contribution is 7.92. The molecule has 0 saturated carbocycles. The van der Waals surface area contributed by atoms with Crippen molar-refractivity contribution >= 4 is 27.5 Å². The Kier molecular flexibility index (Phi) is 9.19. The van der Waals surface area contributed by atoms with Gasteiger partial charge in [-0.25, -0.2) is 12.8 Å². The number of carbonyl (C=O) groups excluding carboxylic acids is 2. The number of anilines is 1. The molecular formula is C23H30FN3O4S. The molecule has 0 radical (unpaired) electrons. The molecule has 0 aliphatic carbocycles. The van der Waals surface area contributed by atoms with Gasteiger partial charge in [-0.2, -0.15) is 0 Å². The van der Waals surface area contributed by atoms with E-state index in [4.69, 9.17) is 0 Å². The van der Waals surface area contributed by atoms with Crippen molar-refractivity contribution < 1.29 is 22.4 Å². The SMILES string of the molecule is CNC(=O)[C@@H](C)N(CCc1ccccc1)C(=O)CCCN(c1ccc(F)cc1)S(C)(=O)=O. The summed E-state index contributed by atoms with van der Waals surface area (Å²) in [6.45, 7) is 2.10. The highest BCUT2D eigenvalue weighted by atomic mass is 32.2. The predicted octanol–water partition coefficient (Wildman–Crippen LogP) is 2.58. The molecule has 0 fully saturated rings. The summed E-state index contributed by atoms with van der Waals surface area (Å²) in [5.41, 5.74) is 1.38. The number of amides is 2. The molecule has 32 heavy (non-hydrogen) atoms. The van der Waals surface area contributed by atoms with E-state index in [0.717, 1.165) is 16.1 Å². The number of rotatable bonds is 11. The molecule has 0 aromatic heterocycles. The molecule has 0 spiro atoms. The van der Waals surface area contributed by atoms with Crippen LogP contribution in [0.5, 0.6) is 0 Å². The maximum absolute atomic E-state index is 13.2. The van der Waals surface area contributed by atoms with E-state index in [0.29, 0.717) is 18.7 Å². The van der Waals surface area contributed by atoms with Crippen LogP contribution in [0.4, 0.5) is 10.1 Å². The smallest absolute Gasteiger partial charge is 0.242 e. The van der Waals surface area contributed by atoms with Crippen molar-refractivity contribution in [2.45, 2.75) is 32.2 Å². The lowest BCUT2D eigenvalue weighted by molar-refractivity contribution is -0.139. The fourth-order valence-corrected chi connectivity index (χ4v) is 4.36.